The van der Waals surface area contributed by atoms with E-state index in [9.17, 15) is 0 Å². The van der Waals surface area contributed by atoms with Crippen LogP contribution in [0.4, 0.5) is 5.69 Å². The molecule has 0 aliphatic carbocycles. The van der Waals surface area contributed by atoms with Gasteiger partial charge in [0.15, 0.2) is 0 Å². The van der Waals surface area contributed by atoms with Gasteiger partial charge in [-0.3, -0.25) is 0 Å². The van der Waals surface area contributed by atoms with E-state index in [1.165, 1.54) is 5.56 Å². The monoisotopic (exact) mass is 191 g/mol. The molecule has 0 spiro atoms. The maximum atomic E-state index is 5.83. The van der Waals surface area contributed by atoms with E-state index in [0.717, 1.165) is 30.9 Å². The number of nitrogen functional groups attached to an aromatic ring is 1. The highest BCUT2D eigenvalue weighted by molar-refractivity contribution is 5.48. The minimum atomic E-state index is 0.256. The van der Waals surface area contributed by atoms with E-state index in [0.29, 0.717) is 6.10 Å². The standard InChI is InChI=1S/C11H13NO2/c12-8-2-4-9-7(5-8)1-3-10(14-9)11-6-13-11/h2,4-5,10-11H,1,3,6,12H2/t10-,11+/m1/s1. The first-order chi connectivity index (χ1) is 6.83. The van der Waals surface area contributed by atoms with Crippen molar-refractivity contribution in [1.29, 1.82) is 0 Å². The average molecular weight is 191 g/mol. The van der Waals surface area contributed by atoms with Crippen LogP contribution in [0.2, 0.25) is 0 Å². The van der Waals surface area contributed by atoms with Crippen LogP contribution >= 0.6 is 0 Å². The number of hydrogen-bond acceptors (Lipinski definition) is 3. The molecule has 0 amide bonds. The molecule has 1 saturated heterocycles. The summed E-state index contributed by atoms with van der Waals surface area (Å²) in [5.74, 6) is 0.978. The lowest BCUT2D eigenvalue weighted by Gasteiger charge is -2.24. The van der Waals surface area contributed by atoms with Gasteiger partial charge in [-0.2, -0.15) is 0 Å². The number of ether oxygens (including phenoxy) is 2. The van der Waals surface area contributed by atoms with E-state index in [2.05, 4.69) is 0 Å². The van der Waals surface area contributed by atoms with Crippen LogP contribution in [0.5, 0.6) is 5.75 Å². The summed E-state index contributed by atoms with van der Waals surface area (Å²) in [4.78, 5) is 0. The van der Waals surface area contributed by atoms with Gasteiger partial charge in [0, 0.05) is 5.69 Å². The third-order valence-electron chi connectivity index (χ3n) is 2.83. The van der Waals surface area contributed by atoms with Crippen molar-refractivity contribution in [2.24, 2.45) is 0 Å². The van der Waals surface area contributed by atoms with Crippen molar-refractivity contribution >= 4 is 5.69 Å². The van der Waals surface area contributed by atoms with Crippen molar-refractivity contribution in [2.45, 2.75) is 25.0 Å². The molecule has 3 heteroatoms. The van der Waals surface area contributed by atoms with Crippen LogP contribution in [-0.2, 0) is 11.2 Å². The third-order valence-corrected chi connectivity index (χ3v) is 2.83. The normalized spacial score (nSPS) is 29.1. The van der Waals surface area contributed by atoms with E-state index in [1.807, 2.05) is 18.2 Å². The molecule has 0 saturated carbocycles. The number of anilines is 1. The van der Waals surface area contributed by atoms with Gasteiger partial charge in [0.25, 0.3) is 0 Å². The van der Waals surface area contributed by atoms with Crippen LogP contribution < -0.4 is 10.5 Å². The lowest BCUT2D eigenvalue weighted by molar-refractivity contribution is 0.136. The zero-order valence-electron chi connectivity index (χ0n) is 7.90. The van der Waals surface area contributed by atoms with E-state index < -0.39 is 0 Å². The van der Waals surface area contributed by atoms with E-state index >= 15 is 0 Å². The fourth-order valence-corrected chi connectivity index (χ4v) is 1.96. The summed E-state index contributed by atoms with van der Waals surface area (Å²) in [6, 6.07) is 5.84. The predicted molar refractivity (Wildman–Crippen MR) is 53.3 cm³/mol. The minimum absolute atomic E-state index is 0.256. The first-order valence-electron chi connectivity index (χ1n) is 4.99. The highest BCUT2D eigenvalue weighted by Crippen LogP contribution is 2.33. The number of rotatable bonds is 1. The molecule has 74 valence electrons. The lowest BCUT2D eigenvalue weighted by Crippen LogP contribution is -2.27. The summed E-state index contributed by atoms with van der Waals surface area (Å²) in [6.45, 7) is 0.856. The van der Waals surface area contributed by atoms with Gasteiger partial charge in [0.2, 0.25) is 0 Å². The van der Waals surface area contributed by atoms with Crippen LogP contribution in [-0.4, -0.2) is 18.8 Å². The minimum Gasteiger partial charge on any atom is -0.487 e. The molecule has 0 radical (unpaired) electrons. The summed E-state index contributed by atoms with van der Waals surface area (Å²) >= 11 is 0. The van der Waals surface area contributed by atoms with Gasteiger partial charge in [0.05, 0.1) is 6.61 Å². The van der Waals surface area contributed by atoms with Crippen LogP contribution in [0.25, 0.3) is 0 Å². The molecule has 3 rings (SSSR count). The number of aryl methyl sites for hydroxylation is 1. The molecule has 1 aromatic carbocycles. The Morgan fingerprint density at radius 1 is 1.29 bits per heavy atom. The largest absolute Gasteiger partial charge is 0.487 e. The maximum absolute atomic E-state index is 5.83. The first kappa shape index (κ1) is 8.12. The fraction of sp³-hybridized carbons (Fsp3) is 0.455. The Balaban J connectivity index is 1.86. The smallest absolute Gasteiger partial charge is 0.127 e. The first-order valence-corrected chi connectivity index (χ1v) is 4.99. The Morgan fingerprint density at radius 3 is 2.93 bits per heavy atom. The number of fused-ring (bicyclic) bond motifs is 1. The molecule has 2 atom stereocenters. The molecule has 1 aromatic rings. The van der Waals surface area contributed by atoms with Crippen LogP contribution in [0.15, 0.2) is 18.2 Å². The Hall–Kier alpha value is -1.22. The zero-order chi connectivity index (χ0) is 9.54. The van der Waals surface area contributed by atoms with Crippen molar-refractivity contribution in [3.05, 3.63) is 23.8 Å². The van der Waals surface area contributed by atoms with Crippen molar-refractivity contribution in [3.63, 3.8) is 0 Å². The Bertz CT molecular complexity index is 360. The molecule has 2 heterocycles. The Morgan fingerprint density at radius 2 is 2.14 bits per heavy atom. The van der Waals surface area contributed by atoms with Crippen molar-refractivity contribution < 1.29 is 9.47 Å². The fourth-order valence-electron chi connectivity index (χ4n) is 1.96. The van der Waals surface area contributed by atoms with Gasteiger partial charge in [-0.15, -0.1) is 0 Å². The number of hydrogen-bond donors (Lipinski definition) is 1. The second-order valence-electron chi connectivity index (χ2n) is 3.93. The van der Waals surface area contributed by atoms with Gasteiger partial charge in [0.1, 0.15) is 18.0 Å². The average Bonchev–Trinajstić information content (AvgIpc) is 3.00. The molecule has 3 nitrogen and oxygen atoms in total. The number of benzene rings is 1. The molecular weight excluding hydrogens is 178 g/mol. The molecule has 0 bridgehead atoms. The summed E-state index contributed by atoms with van der Waals surface area (Å²) in [6.07, 6.45) is 2.68. The Labute approximate surface area is 82.8 Å². The summed E-state index contributed by atoms with van der Waals surface area (Å²) in [7, 11) is 0. The summed E-state index contributed by atoms with van der Waals surface area (Å²) in [5, 5.41) is 0. The zero-order valence-corrected chi connectivity index (χ0v) is 7.90. The molecule has 2 N–H and O–H groups in total. The van der Waals surface area contributed by atoms with E-state index in [1.54, 1.807) is 0 Å². The SMILES string of the molecule is Nc1ccc2c(c1)CC[C@H]([C@@H]1CO1)O2. The van der Waals surface area contributed by atoms with Crippen molar-refractivity contribution in [1.82, 2.24) is 0 Å². The van der Waals surface area contributed by atoms with Crippen LogP contribution in [0.3, 0.4) is 0 Å². The van der Waals surface area contributed by atoms with Gasteiger partial charge >= 0.3 is 0 Å². The van der Waals surface area contributed by atoms with Crippen LogP contribution in [0.1, 0.15) is 12.0 Å². The topological polar surface area (TPSA) is 47.8 Å². The lowest BCUT2D eigenvalue weighted by atomic mass is 10.0. The second kappa shape index (κ2) is 2.89. The summed E-state index contributed by atoms with van der Waals surface area (Å²) in [5.41, 5.74) is 7.75. The molecule has 2 aliphatic heterocycles. The quantitative estimate of drug-likeness (QED) is 0.538. The highest BCUT2D eigenvalue weighted by atomic mass is 16.6. The van der Waals surface area contributed by atoms with Gasteiger partial charge in [-0.1, -0.05) is 0 Å². The molecule has 0 aromatic heterocycles. The maximum Gasteiger partial charge on any atom is 0.127 e. The van der Waals surface area contributed by atoms with E-state index in [4.69, 9.17) is 15.2 Å². The van der Waals surface area contributed by atoms with Crippen molar-refractivity contribution in [3.8, 4) is 5.75 Å². The van der Waals surface area contributed by atoms with Gasteiger partial charge < -0.3 is 15.2 Å². The third kappa shape index (κ3) is 1.34. The van der Waals surface area contributed by atoms with Gasteiger partial charge in [-0.05, 0) is 36.6 Å². The molecule has 14 heavy (non-hydrogen) atoms. The molecule has 1 fully saturated rings. The van der Waals surface area contributed by atoms with Crippen LogP contribution in [0, 0.1) is 0 Å². The summed E-state index contributed by atoms with van der Waals surface area (Å²) < 4.78 is 11.1. The highest BCUT2D eigenvalue weighted by Gasteiger charge is 2.36. The molecular formula is C11H13NO2. The number of nitrogens with two attached hydrogens (primary N) is 1. The predicted octanol–water partition coefficient (Wildman–Crippen LogP) is 1.36. The number of epoxide rings is 1. The van der Waals surface area contributed by atoms with E-state index in [-0.39, 0.29) is 6.10 Å². The second-order valence-corrected chi connectivity index (χ2v) is 3.93. The van der Waals surface area contributed by atoms with Crippen molar-refractivity contribution in [2.75, 3.05) is 12.3 Å². The Kier molecular flexibility index (Phi) is 1.67. The molecule has 2 aliphatic rings. The molecule has 0 unspecified atom stereocenters. The van der Waals surface area contributed by atoms with Gasteiger partial charge in [-0.25, -0.2) is 0 Å².